The zero-order chi connectivity index (χ0) is 23.3. The molecule has 2 aromatic carbocycles. The van der Waals surface area contributed by atoms with E-state index in [-0.39, 0.29) is 18.4 Å². The van der Waals surface area contributed by atoms with Crippen molar-refractivity contribution in [3.8, 4) is 11.5 Å². The number of fused-ring (bicyclic) bond motifs is 1. The summed E-state index contributed by atoms with van der Waals surface area (Å²) in [5.41, 5.74) is 1.92. The molecule has 0 bridgehead atoms. The van der Waals surface area contributed by atoms with Crippen molar-refractivity contribution in [3.63, 3.8) is 0 Å². The number of ether oxygens (including phenoxy) is 3. The lowest BCUT2D eigenvalue weighted by Gasteiger charge is -2.36. The molecule has 3 heterocycles. The summed E-state index contributed by atoms with van der Waals surface area (Å²) in [6, 6.07) is 15.3. The van der Waals surface area contributed by atoms with Gasteiger partial charge in [0.15, 0.2) is 11.5 Å². The maximum absolute atomic E-state index is 12.9. The summed E-state index contributed by atoms with van der Waals surface area (Å²) in [6.45, 7) is 6.15. The van der Waals surface area contributed by atoms with Gasteiger partial charge in [-0.1, -0.05) is 12.1 Å². The van der Waals surface area contributed by atoms with Crippen molar-refractivity contribution in [2.45, 2.75) is 6.10 Å². The Morgan fingerprint density at radius 1 is 0.882 bits per heavy atom. The van der Waals surface area contributed by atoms with Crippen LogP contribution in [-0.4, -0.2) is 93.4 Å². The quantitative estimate of drug-likeness (QED) is 0.714. The molecule has 9 nitrogen and oxygen atoms in total. The van der Waals surface area contributed by atoms with Gasteiger partial charge < -0.3 is 29.3 Å². The van der Waals surface area contributed by atoms with E-state index in [1.807, 2.05) is 48.5 Å². The van der Waals surface area contributed by atoms with E-state index in [0.717, 1.165) is 37.7 Å². The highest BCUT2D eigenvalue weighted by molar-refractivity contribution is 5.92. The van der Waals surface area contributed by atoms with Gasteiger partial charge in [-0.05, 0) is 36.4 Å². The summed E-state index contributed by atoms with van der Waals surface area (Å²) in [7, 11) is 0. The Hall–Kier alpha value is -3.30. The van der Waals surface area contributed by atoms with Gasteiger partial charge in [-0.3, -0.25) is 14.5 Å². The number of hydrogen-bond donors (Lipinski definition) is 1. The number of morpholine rings is 1. The highest BCUT2D eigenvalue weighted by atomic mass is 16.6. The van der Waals surface area contributed by atoms with Gasteiger partial charge in [0.25, 0.3) is 5.91 Å². The maximum Gasteiger partial charge on any atom is 0.267 e. The van der Waals surface area contributed by atoms with E-state index in [4.69, 9.17) is 14.2 Å². The molecule has 2 fully saturated rings. The lowest BCUT2D eigenvalue weighted by atomic mass is 10.2. The fourth-order valence-electron chi connectivity index (χ4n) is 4.45. The minimum Gasteiger partial charge on any atom is -0.485 e. The van der Waals surface area contributed by atoms with Gasteiger partial charge >= 0.3 is 0 Å². The second kappa shape index (κ2) is 10.3. The summed E-state index contributed by atoms with van der Waals surface area (Å²) >= 11 is 0. The SMILES string of the molecule is O=C(CN1CCN(C(=O)C2COc3ccccc3O2)CC1)Nc1ccc(N2CCOCC2)cc1. The van der Waals surface area contributed by atoms with E-state index < -0.39 is 6.10 Å². The van der Waals surface area contributed by atoms with Crippen molar-refractivity contribution in [3.05, 3.63) is 48.5 Å². The third kappa shape index (κ3) is 5.26. The van der Waals surface area contributed by atoms with Crippen LogP contribution in [0.15, 0.2) is 48.5 Å². The molecule has 0 aliphatic carbocycles. The van der Waals surface area contributed by atoms with Crippen molar-refractivity contribution < 1.29 is 23.8 Å². The molecule has 0 saturated carbocycles. The van der Waals surface area contributed by atoms with Gasteiger partial charge in [0.2, 0.25) is 12.0 Å². The molecule has 5 rings (SSSR count). The number of carbonyl (C=O) groups excluding carboxylic acids is 2. The predicted octanol–water partition coefficient (Wildman–Crippen LogP) is 1.45. The standard InChI is InChI=1S/C25H30N4O5/c30-24(26-19-5-7-20(8-6-19)28-13-15-32-16-14-28)17-27-9-11-29(12-10-27)25(31)23-18-33-21-3-1-2-4-22(21)34-23/h1-8,23H,9-18H2,(H,26,30). The zero-order valence-electron chi connectivity index (χ0n) is 19.2. The Kier molecular flexibility index (Phi) is 6.82. The van der Waals surface area contributed by atoms with E-state index in [2.05, 4.69) is 15.1 Å². The fraction of sp³-hybridized carbons (Fsp3) is 0.440. The van der Waals surface area contributed by atoms with Crippen LogP contribution in [0.3, 0.4) is 0 Å². The third-order valence-electron chi connectivity index (χ3n) is 6.36. The first-order valence-corrected chi connectivity index (χ1v) is 11.8. The highest BCUT2D eigenvalue weighted by Gasteiger charge is 2.32. The lowest BCUT2D eigenvalue weighted by Crippen LogP contribution is -2.54. The molecule has 0 radical (unpaired) electrons. The first-order valence-electron chi connectivity index (χ1n) is 11.8. The molecule has 34 heavy (non-hydrogen) atoms. The zero-order valence-corrected chi connectivity index (χ0v) is 19.2. The smallest absolute Gasteiger partial charge is 0.267 e. The molecule has 1 N–H and O–H groups in total. The monoisotopic (exact) mass is 466 g/mol. The maximum atomic E-state index is 12.9. The Balaban J connectivity index is 1.06. The molecular formula is C25H30N4O5. The van der Waals surface area contributed by atoms with E-state index in [9.17, 15) is 9.59 Å². The summed E-state index contributed by atoms with van der Waals surface area (Å²) in [5.74, 6) is 1.14. The number of anilines is 2. The molecule has 0 spiro atoms. The lowest BCUT2D eigenvalue weighted by molar-refractivity contribution is -0.143. The minimum absolute atomic E-state index is 0.0560. The van der Waals surface area contributed by atoms with E-state index >= 15 is 0 Å². The molecule has 1 unspecified atom stereocenters. The predicted molar refractivity (Wildman–Crippen MR) is 127 cm³/mol. The van der Waals surface area contributed by atoms with Crippen LogP contribution < -0.4 is 19.7 Å². The molecule has 1 atom stereocenters. The van der Waals surface area contributed by atoms with Crippen LogP contribution in [0.1, 0.15) is 0 Å². The largest absolute Gasteiger partial charge is 0.485 e. The molecule has 2 aromatic rings. The number of rotatable bonds is 5. The second-order valence-electron chi connectivity index (χ2n) is 8.66. The first-order chi connectivity index (χ1) is 16.7. The van der Waals surface area contributed by atoms with Gasteiger partial charge in [-0.2, -0.15) is 0 Å². The van der Waals surface area contributed by atoms with Gasteiger partial charge in [0.05, 0.1) is 19.8 Å². The van der Waals surface area contributed by atoms with Crippen LogP contribution in [0, 0.1) is 0 Å². The number of nitrogens with one attached hydrogen (secondary N) is 1. The number of carbonyl (C=O) groups is 2. The third-order valence-corrected chi connectivity index (χ3v) is 6.36. The summed E-state index contributed by atoms with van der Waals surface area (Å²) in [4.78, 5) is 31.6. The molecule has 180 valence electrons. The summed E-state index contributed by atoms with van der Waals surface area (Å²) < 4.78 is 16.9. The van der Waals surface area contributed by atoms with E-state index in [1.165, 1.54) is 0 Å². The molecule has 2 saturated heterocycles. The topological polar surface area (TPSA) is 83.6 Å². The van der Waals surface area contributed by atoms with E-state index in [1.54, 1.807) is 4.90 Å². The van der Waals surface area contributed by atoms with Crippen LogP contribution in [0.4, 0.5) is 11.4 Å². The number of piperazine rings is 1. The van der Waals surface area contributed by atoms with Gasteiger partial charge in [-0.15, -0.1) is 0 Å². The Labute approximate surface area is 199 Å². The summed E-state index contributed by atoms with van der Waals surface area (Å²) in [6.07, 6.45) is -0.634. The number of hydrogen-bond acceptors (Lipinski definition) is 7. The van der Waals surface area contributed by atoms with Crippen molar-refractivity contribution in [1.29, 1.82) is 0 Å². The van der Waals surface area contributed by atoms with Gasteiger partial charge in [0.1, 0.15) is 6.61 Å². The molecule has 2 amide bonds. The van der Waals surface area contributed by atoms with Crippen molar-refractivity contribution in [2.24, 2.45) is 0 Å². The highest BCUT2D eigenvalue weighted by Crippen LogP contribution is 2.31. The molecular weight excluding hydrogens is 436 g/mol. The minimum atomic E-state index is -0.634. The molecule has 3 aliphatic heterocycles. The van der Waals surface area contributed by atoms with Crippen LogP contribution in [0.5, 0.6) is 11.5 Å². The Morgan fingerprint density at radius 2 is 1.59 bits per heavy atom. The average Bonchev–Trinajstić information content (AvgIpc) is 2.89. The second-order valence-corrected chi connectivity index (χ2v) is 8.66. The number of para-hydroxylation sites is 2. The molecule has 3 aliphatic rings. The number of nitrogens with zero attached hydrogens (tertiary/aromatic N) is 3. The van der Waals surface area contributed by atoms with Crippen LogP contribution in [-0.2, 0) is 14.3 Å². The van der Waals surface area contributed by atoms with Crippen molar-refractivity contribution in [2.75, 3.05) is 75.9 Å². The van der Waals surface area contributed by atoms with Crippen LogP contribution in [0.2, 0.25) is 0 Å². The van der Waals surface area contributed by atoms with Gasteiger partial charge in [-0.25, -0.2) is 0 Å². The normalized spacial score (nSPS) is 20.6. The van der Waals surface area contributed by atoms with Crippen LogP contribution in [0.25, 0.3) is 0 Å². The summed E-state index contributed by atoms with van der Waals surface area (Å²) in [5, 5.41) is 2.97. The fourth-order valence-corrected chi connectivity index (χ4v) is 4.45. The Morgan fingerprint density at radius 3 is 2.32 bits per heavy atom. The number of benzene rings is 2. The van der Waals surface area contributed by atoms with Crippen molar-refractivity contribution >= 4 is 23.2 Å². The number of amides is 2. The van der Waals surface area contributed by atoms with Gasteiger partial charge in [0, 0.05) is 50.6 Å². The molecule has 9 heteroatoms. The average molecular weight is 467 g/mol. The van der Waals surface area contributed by atoms with E-state index in [0.29, 0.717) is 44.2 Å². The van der Waals surface area contributed by atoms with Crippen LogP contribution >= 0.6 is 0 Å². The Bertz CT molecular complexity index is 1000. The molecule has 0 aromatic heterocycles. The van der Waals surface area contributed by atoms with Crippen molar-refractivity contribution in [1.82, 2.24) is 9.80 Å². The first kappa shape index (κ1) is 22.5.